The highest BCUT2D eigenvalue weighted by atomic mass is 32.2. The fraction of sp³-hybridized carbons (Fsp3) is 0.100. The largest absolute Gasteiger partial charge is 0.507 e. The molecule has 0 aliphatic carbocycles. The van der Waals surface area contributed by atoms with E-state index in [-0.39, 0.29) is 22.0 Å². The summed E-state index contributed by atoms with van der Waals surface area (Å²) in [6, 6.07) is 20.3. The van der Waals surface area contributed by atoms with E-state index in [9.17, 15) is 19.1 Å². The minimum absolute atomic E-state index is 0.0184. The van der Waals surface area contributed by atoms with E-state index in [2.05, 4.69) is 39.4 Å². The van der Waals surface area contributed by atoms with Gasteiger partial charge >= 0.3 is 5.91 Å². The molecule has 3 aromatic carbocycles. The summed E-state index contributed by atoms with van der Waals surface area (Å²) >= 11 is 2.65. The molecule has 204 valence electrons. The van der Waals surface area contributed by atoms with Crippen molar-refractivity contribution in [2.45, 2.75) is 16.1 Å². The smallest absolute Gasteiger partial charge is 0.301 e. The number of benzene rings is 3. The third kappa shape index (κ3) is 4.94. The summed E-state index contributed by atoms with van der Waals surface area (Å²) in [6.07, 6.45) is 3.04. The number of carbonyl (C=O) groups excluding carboxylic acids is 2. The summed E-state index contributed by atoms with van der Waals surface area (Å²) in [4.78, 5) is 32.0. The Morgan fingerprint density at radius 2 is 1.83 bits per heavy atom. The number of pyridine rings is 1. The molecule has 0 radical (unpaired) electrons. The van der Waals surface area contributed by atoms with Crippen LogP contribution in [-0.4, -0.2) is 39.1 Å². The van der Waals surface area contributed by atoms with Gasteiger partial charge in [-0.25, -0.2) is 4.39 Å². The third-order valence-electron chi connectivity index (χ3n) is 6.72. The molecule has 1 N–H and O–H groups in total. The van der Waals surface area contributed by atoms with Gasteiger partial charge < -0.3 is 9.84 Å². The summed E-state index contributed by atoms with van der Waals surface area (Å²) in [6.45, 7) is 0. The number of aliphatic hydroxyl groups is 1. The van der Waals surface area contributed by atoms with Crippen LogP contribution in [0.1, 0.15) is 22.7 Å². The lowest BCUT2D eigenvalue weighted by molar-refractivity contribution is -0.132. The Balaban J connectivity index is 1.36. The Kier molecular flexibility index (Phi) is 7.21. The second-order valence-electron chi connectivity index (χ2n) is 9.08. The van der Waals surface area contributed by atoms with E-state index >= 15 is 0 Å². The molecular weight excluding hydrogens is 563 g/mol. The summed E-state index contributed by atoms with van der Waals surface area (Å²) in [5, 5.41) is 22.2. The SMILES string of the molecule is COc1ccc(/C(O)=C2\C(=O)C(=O)N(c3nnc(SCc4cccc5ccccc45)s3)C2c2ccncc2)cc1F. The summed E-state index contributed by atoms with van der Waals surface area (Å²) < 4.78 is 20.0. The van der Waals surface area contributed by atoms with Crippen molar-refractivity contribution in [3.63, 3.8) is 0 Å². The number of hydrogen-bond donors (Lipinski definition) is 1. The van der Waals surface area contributed by atoms with E-state index in [0.29, 0.717) is 15.7 Å². The summed E-state index contributed by atoms with van der Waals surface area (Å²) in [5.41, 5.74) is 1.50. The number of ketones is 1. The van der Waals surface area contributed by atoms with Crippen LogP contribution >= 0.6 is 23.1 Å². The van der Waals surface area contributed by atoms with Gasteiger partial charge in [-0.1, -0.05) is 65.6 Å². The first-order chi connectivity index (χ1) is 20.0. The molecule has 1 atom stereocenters. The molecule has 5 aromatic rings. The van der Waals surface area contributed by atoms with Crippen LogP contribution in [0.5, 0.6) is 5.75 Å². The normalized spacial score (nSPS) is 16.4. The van der Waals surface area contributed by atoms with Gasteiger partial charge in [-0.3, -0.25) is 19.5 Å². The van der Waals surface area contributed by atoms with Gasteiger partial charge in [0.15, 0.2) is 15.9 Å². The zero-order valence-corrected chi connectivity index (χ0v) is 23.2. The molecule has 1 fully saturated rings. The predicted molar refractivity (Wildman–Crippen MR) is 155 cm³/mol. The highest BCUT2D eigenvalue weighted by Gasteiger charge is 2.48. The number of hydrogen-bond acceptors (Lipinski definition) is 9. The van der Waals surface area contributed by atoms with Crippen molar-refractivity contribution in [3.8, 4) is 5.75 Å². The van der Waals surface area contributed by atoms with Gasteiger partial charge in [0.1, 0.15) is 5.76 Å². The average molecular weight is 585 g/mol. The van der Waals surface area contributed by atoms with E-state index < -0.39 is 29.3 Å². The molecule has 0 spiro atoms. The summed E-state index contributed by atoms with van der Waals surface area (Å²) in [5.74, 6) is -2.40. The number of ether oxygens (including phenoxy) is 1. The van der Waals surface area contributed by atoms with Gasteiger partial charge in [0.05, 0.1) is 18.7 Å². The van der Waals surface area contributed by atoms with Gasteiger partial charge in [0.25, 0.3) is 5.78 Å². The molecule has 1 saturated heterocycles. The van der Waals surface area contributed by atoms with Crippen LogP contribution in [0.15, 0.2) is 95.1 Å². The first-order valence-electron chi connectivity index (χ1n) is 12.4. The van der Waals surface area contributed by atoms with Gasteiger partial charge in [0.2, 0.25) is 5.13 Å². The maximum Gasteiger partial charge on any atom is 0.301 e. The number of thioether (sulfide) groups is 1. The number of methoxy groups -OCH3 is 1. The quantitative estimate of drug-likeness (QED) is 0.0798. The second kappa shape index (κ2) is 11.1. The van der Waals surface area contributed by atoms with Crippen LogP contribution in [0.25, 0.3) is 16.5 Å². The van der Waals surface area contributed by atoms with Crippen molar-refractivity contribution in [3.05, 3.63) is 113 Å². The molecule has 6 rings (SSSR count). The van der Waals surface area contributed by atoms with Crippen molar-refractivity contribution < 1.29 is 23.8 Å². The number of anilines is 1. The Hall–Kier alpha value is -4.61. The Morgan fingerprint density at radius 3 is 2.61 bits per heavy atom. The third-order valence-corrected chi connectivity index (χ3v) is 8.83. The Morgan fingerprint density at radius 1 is 1.05 bits per heavy atom. The monoisotopic (exact) mass is 584 g/mol. The summed E-state index contributed by atoms with van der Waals surface area (Å²) in [7, 11) is 1.32. The highest BCUT2D eigenvalue weighted by molar-refractivity contribution is 8.00. The molecule has 41 heavy (non-hydrogen) atoms. The van der Waals surface area contributed by atoms with Gasteiger partial charge in [-0.15, -0.1) is 10.2 Å². The molecule has 11 heteroatoms. The lowest BCUT2D eigenvalue weighted by Crippen LogP contribution is -2.29. The van der Waals surface area contributed by atoms with Crippen LogP contribution in [0.3, 0.4) is 0 Å². The van der Waals surface area contributed by atoms with Crippen LogP contribution in [-0.2, 0) is 15.3 Å². The Bertz CT molecular complexity index is 1820. The van der Waals surface area contributed by atoms with Gasteiger partial charge in [-0.05, 0) is 52.2 Å². The maximum atomic E-state index is 14.5. The average Bonchev–Trinajstić information content (AvgIpc) is 3.57. The molecule has 3 heterocycles. The topological polar surface area (TPSA) is 106 Å². The van der Waals surface area contributed by atoms with Crippen molar-refractivity contribution in [2.75, 3.05) is 12.0 Å². The molecular formula is C30H21FN4O4S2. The number of amides is 1. The van der Waals surface area contributed by atoms with Crippen LogP contribution in [0.2, 0.25) is 0 Å². The van der Waals surface area contributed by atoms with Crippen LogP contribution < -0.4 is 9.64 Å². The first-order valence-corrected chi connectivity index (χ1v) is 14.2. The number of rotatable bonds is 7. The molecule has 1 unspecified atom stereocenters. The zero-order chi connectivity index (χ0) is 28.5. The van der Waals surface area contributed by atoms with E-state index in [4.69, 9.17) is 4.74 Å². The van der Waals surface area contributed by atoms with Crippen molar-refractivity contribution >= 4 is 56.5 Å². The lowest BCUT2D eigenvalue weighted by Gasteiger charge is -2.22. The fourth-order valence-corrected chi connectivity index (χ4v) is 6.65. The molecule has 0 saturated carbocycles. The van der Waals surface area contributed by atoms with Crippen LogP contribution in [0.4, 0.5) is 9.52 Å². The van der Waals surface area contributed by atoms with E-state index in [1.165, 1.54) is 59.6 Å². The fourth-order valence-electron chi connectivity index (χ4n) is 4.78. The number of Topliss-reactive ketones (excluding diaryl/α,β-unsaturated/α-hetero) is 1. The molecule has 1 aliphatic heterocycles. The van der Waals surface area contributed by atoms with E-state index in [0.717, 1.165) is 22.4 Å². The number of carbonyl (C=O) groups is 2. The van der Waals surface area contributed by atoms with Crippen molar-refractivity contribution in [1.29, 1.82) is 0 Å². The minimum Gasteiger partial charge on any atom is -0.507 e. The van der Waals surface area contributed by atoms with Crippen molar-refractivity contribution in [2.24, 2.45) is 0 Å². The van der Waals surface area contributed by atoms with E-state index in [1.807, 2.05) is 18.2 Å². The number of fused-ring (bicyclic) bond motifs is 1. The lowest BCUT2D eigenvalue weighted by atomic mass is 9.96. The maximum absolute atomic E-state index is 14.5. The number of nitrogens with zero attached hydrogens (tertiary/aromatic N) is 4. The molecule has 1 amide bonds. The van der Waals surface area contributed by atoms with Crippen molar-refractivity contribution in [1.82, 2.24) is 15.2 Å². The van der Waals surface area contributed by atoms with Gasteiger partial charge in [0, 0.05) is 23.7 Å². The number of aromatic nitrogens is 3. The van der Waals surface area contributed by atoms with Crippen LogP contribution in [0, 0.1) is 5.82 Å². The molecule has 0 bridgehead atoms. The highest BCUT2D eigenvalue weighted by Crippen LogP contribution is 2.44. The Labute approximate surface area is 242 Å². The molecule has 8 nitrogen and oxygen atoms in total. The zero-order valence-electron chi connectivity index (χ0n) is 21.5. The molecule has 2 aromatic heterocycles. The van der Waals surface area contributed by atoms with Gasteiger partial charge in [-0.2, -0.15) is 0 Å². The standard InChI is InChI=1S/C30H21FN4O4S2/c1-39-23-10-9-19(15-22(23)31)26(36)24-25(18-11-13-32-14-12-18)35(28(38)27(24)37)29-33-34-30(41-29)40-16-20-7-4-6-17-5-2-3-8-21(17)20/h2-15,25,36H,16H2,1H3/b26-24+. The van der Waals surface area contributed by atoms with E-state index in [1.54, 1.807) is 12.1 Å². The number of aliphatic hydroxyl groups excluding tert-OH is 1. The predicted octanol–water partition coefficient (Wildman–Crippen LogP) is 6.15. The minimum atomic E-state index is -1.02. The first kappa shape index (κ1) is 26.6. The molecule has 1 aliphatic rings. The number of halogens is 1. The second-order valence-corrected chi connectivity index (χ2v) is 11.3.